The van der Waals surface area contributed by atoms with Crippen LogP contribution in [0.3, 0.4) is 0 Å². The Morgan fingerprint density at radius 1 is 0.833 bits per heavy atom. The van der Waals surface area contributed by atoms with Crippen LogP contribution in [-0.4, -0.2) is 55.4 Å². The van der Waals surface area contributed by atoms with E-state index in [1.165, 1.54) is 6.07 Å². The first-order valence-electron chi connectivity index (χ1n) is 8.84. The molecule has 0 radical (unpaired) electrons. The van der Waals surface area contributed by atoms with Gasteiger partial charge in [-0.1, -0.05) is 0 Å². The summed E-state index contributed by atoms with van der Waals surface area (Å²) in [5, 5.41) is 26.1. The fourth-order valence-electron chi connectivity index (χ4n) is 2.47. The summed E-state index contributed by atoms with van der Waals surface area (Å²) < 4.78 is 89.1. The van der Waals surface area contributed by atoms with Crippen molar-refractivity contribution in [1.82, 2.24) is 0 Å². The SMILES string of the molecule is COc1c(C#N)cc(C(=O)O)cc1OC(F)(F)F.COc1c(C=O)cc(C(=O)O)cc1OC(F)(F)F. The number of hydrogen-bond donors (Lipinski definition) is 2. The molecule has 0 bridgehead atoms. The number of aromatic carboxylic acids is 2. The number of aldehydes is 1. The molecule has 0 aliphatic heterocycles. The van der Waals surface area contributed by atoms with Crippen molar-refractivity contribution in [3.8, 4) is 29.1 Å². The van der Waals surface area contributed by atoms with Gasteiger partial charge in [-0.05, 0) is 24.3 Å². The lowest BCUT2D eigenvalue weighted by Crippen LogP contribution is -2.18. The molecule has 0 saturated heterocycles. The molecule has 0 atom stereocenters. The zero-order chi connectivity index (χ0) is 27.8. The van der Waals surface area contributed by atoms with Crippen molar-refractivity contribution in [1.29, 1.82) is 5.26 Å². The third-order valence-electron chi connectivity index (χ3n) is 3.74. The molecule has 0 aliphatic rings. The summed E-state index contributed by atoms with van der Waals surface area (Å²) in [5.41, 5.74) is -1.74. The predicted octanol–water partition coefficient (Wildman–Crippen LogP) is 4.27. The highest BCUT2D eigenvalue weighted by atomic mass is 19.4. The molecule has 16 heteroatoms. The summed E-state index contributed by atoms with van der Waals surface area (Å²) in [5.74, 6) is -5.69. The van der Waals surface area contributed by atoms with Crippen molar-refractivity contribution in [2.45, 2.75) is 12.7 Å². The zero-order valence-electron chi connectivity index (χ0n) is 17.9. The van der Waals surface area contributed by atoms with E-state index in [1.54, 1.807) is 0 Å². The van der Waals surface area contributed by atoms with Crippen LogP contribution in [0.1, 0.15) is 36.6 Å². The van der Waals surface area contributed by atoms with Gasteiger partial charge in [0.25, 0.3) is 0 Å². The lowest BCUT2D eigenvalue weighted by atomic mass is 10.1. The Labute approximate surface area is 196 Å². The van der Waals surface area contributed by atoms with E-state index in [1.807, 2.05) is 0 Å². The summed E-state index contributed by atoms with van der Waals surface area (Å²) in [6, 6.07) is 4.57. The number of halogens is 6. The van der Waals surface area contributed by atoms with Gasteiger partial charge in [-0.2, -0.15) is 5.26 Å². The van der Waals surface area contributed by atoms with Gasteiger partial charge in [0.05, 0.1) is 36.5 Å². The molecule has 2 N–H and O–H groups in total. The Kier molecular flexibility index (Phi) is 9.49. The average molecular weight is 525 g/mol. The first-order chi connectivity index (χ1) is 16.6. The van der Waals surface area contributed by atoms with E-state index in [4.69, 9.17) is 15.5 Å². The number of nitrogens with zero attached hydrogens (tertiary/aromatic N) is 1. The number of methoxy groups -OCH3 is 2. The highest BCUT2D eigenvalue weighted by Crippen LogP contribution is 2.37. The largest absolute Gasteiger partial charge is 0.573 e. The lowest BCUT2D eigenvalue weighted by molar-refractivity contribution is -0.276. The molecule has 0 amide bonds. The number of carboxylic acid groups (broad SMARTS) is 2. The van der Waals surface area contributed by atoms with Crippen LogP contribution in [0.15, 0.2) is 24.3 Å². The Morgan fingerprint density at radius 3 is 1.58 bits per heavy atom. The molecular weight excluding hydrogens is 512 g/mol. The minimum atomic E-state index is -5.02. The van der Waals surface area contributed by atoms with Crippen molar-refractivity contribution in [2.24, 2.45) is 0 Å². The van der Waals surface area contributed by atoms with Crippen molar-refractivity contribution in [2.75, 3.05) is 14.2 Å². The van der Waals surface area contributed by atoms with E-state index in [9.17, 15) is 40.7 Å². The maximum atomic E-state index is 12.1. The number of nitriles is 1. The number of carboxylic acids is 2. The molecule has 0 aliphatic carbocycles. The summed E-state index contributed by atoms with van der Waals surface area (Å²) in [6.45, 7) is 0. The molecule has 0 spiro atoms. The smallest absolute Gasteiger partial charge is 0.492 e. The minimum absolute atomic E-state index is 0.175. The van der Waals surface area contributed by atoms with Gasteiger partial charge in [-0.3, -0.25) is 4.79 Å². The van der Waals surface area contributed by atoms with E-state index in [-0.39, 0.29) is 17.4 Å². The first-order valence-corrected chi connectivity index (χ1v) is 8.84. The number of ether oxygens (including phenoxy) is 4. The van der Waals surface area contributed by atoms with E-state index in [0.29, 0.717) is 12.1 Å². The second-order valence-electron chi connectivity index (χ2n) is 6.09. The van der Waals surface area contributed by atoms with Crippen molar-refractivity contribution < 1.29 is 69.9 Å². The van der Waals surface area contributed by atoms with Crippen molar-refractivity contribution in [3.05, 3.63) is 46.5 Å². The van der Waals surface area contributed by atoms with E-state index in [0.717, 1.165) is 26.4 Å². The summed E-state index contributed by atoms with van der Waals surface area (Å²) >= 11 is 0. The highest BCUT2D eigenvalue weighted by Gasteiger charge is 2.34. The number of rotatable bonds is 7. The summed E-state index contributed by atoms with van der Waals surface area (Å²) in [6.07, 6.45) is -9.86. The normalized spacial score (nSPS) is 10.8. The van der Waals surface area contributed by atoms with E-state index >= 15 is 0 Å². The predicted molar refractivity (Wildman–Crippen MR) is 103 cm³/mol. The van der Waals surface area contributed by atoms with Crippen LogP contribution in [0, 0.1) is 11.3 Å². The molecule has 0 unspecified atom stereocenters. The quantitative estimate of drug-likeness (QED) is 0.396. The molecule has 0 aromatic heterocycles. The lowest BCUT2D eigenvalue weighted by Gasteiger charge is -2.14. The maximum Gasteiger partial charge on any atom is 0.573 e. The fourth-order valence-corrected chi connectivity index (χ4v) is 2.47. The monoisotopic (exact) mass is 525 g/mol. The zero-order valence-corrected chi connectivity index (χ0v) is 17.9. The first kappa shape index (κ1) is 29.4. The second kappa shape index (κ2) is 11.6. The minimum Gasteiger partial charge on any atom is -0.492 e. The van der Waals surface area contributed by atoms with Crippen LogP contribution < -0.4 is 18.9 Å². The molecule has 10 nitrogen and oxygen atoms in total. The van der Waals surface area contributed by atoms with E-state index < -0.39 is 58.8 Å². The Hall–Kier alpha value is -4.68. The molecule has 2 aromatic carbocycles. The van der Waals surface area contributed by atoms with Crippen LogP contribution in [-0.2, 0) is 0 Å². The van der Waals surface area contributed by atoms with Crippen LogP contribution in [0.25, 0.3) is 0 Å². The van der Waals surface area contributed by atoms with Crippen LogP contribution in [0.2, 0.25) is 0 Å². The summed E-state index contributed by atoms with van der Waals surface area (Å²) in [7, 11) is 2.08. The van der Waals surface area contributed by atoms with Gasteiger partial charge in [0, 0.05) is 0 Å². The number of benzene rings is 2. The van der Waals surface area contributed by atoms with Crippen LogP contribution in [0.5, 0.6) is 23.0 Å². The molecule has 2 aromatic rings. The molecule has 0 fully saturated rings. The topological polar surface area (TPSA) is 152 Å². The van der Waals surface area contributed by atoms with Gasteiger partial charge in [-0.15, -0.1) is 26.3 Å². The van der Waals surface area contributed by atoms with Crippen molar-refractivity contribution in [3.63, 3.8) is 0 Å². The molecule has 36 heavy (non-hydrogen) atoms. The van der Waals surface area contributed by atoms with Crippen LogP contribution >= 0.6 is 0 Å². The number of carbonyl (C=O) groups excluding carboxylic acids is 1. The van der Waals surface area contributed by atoms with Crippen LogP contribution in [0.4, 0.5) is 26.3 Å². The highest BCUT2D eigenvalue weighted by molar-refractivity contribution is 5.93. The van der Waals surface area contributed by atoms with E-state index in [2.05, 4.69) is 18.9 Å². The van der Waals surface area contributed by atoms with Gasteiger partial charge in [-0.25, -0.2) is 9.59 Å². The van der Waals surface area contributed by atoms with Crippen molar-refractivity contribution >= 4 is 18.2 Å². The second-order valence-corrected chi connectivity index (χ2v) is 6.09. The Morgan fingerprint density at radius 2 is 1.25 bits per heavy atom. The van der Waals surface area contributed by atoms with Gasteiger partial charge in [0.1, 0.15) is 6.07 Å². The number of alkyl halides is 6. The Balaban J connectivity index is 0.000000360. The van der Waals surface area contributed by atoms with Gasteiger partial charge in [0.2, 0.25) is 0 Å². The average Bonchev–Trinajstić information content (AvgIpc) is 2.75. The molecule has 0 saturated carbocycles. The molecule has 0 heterocycles. The maximum absolute atomic E-state index is 12.1. The van der Waals surface area contributed by atoms with Gasteiger partial charge in [0.15, 0.2) is 29.3 Å². The Bertz CT molecular complexity index is 1190. The van der Waals surface area contributed by atoms with Gasteiger partial charge < -0.3 is 29.2 Å². The molecular formula is C20H13F6NO9. The number of carbonyl (C=O) groups is 3. The number of hydrogen-bond acceptors (Lipinski definition) is 8. The molecule has 2 rings (SSSR count). The standard InChI is InChI=1S/C10H6F3NO4.C10H7F3O5/c2*1-17-8-6(4-14)2-5(9(15)16)3-7(8)18-10(11,12)13/h2-3H,1H3,(H,15,16);2-4H,1H3,(H,15,16). The third-order valence-corrected chi connectivity index (χ3v) is 3.74. The van der Waals surface area contributed by atoms with Gasteiger partial charge >= 0.3 is 24.7 Å². The summed E-state index contributed by atoms with van der Waals surface area (Å²) in [4.78, 5) is 32.1. The third kappa shape index (κ3) is 8.27. The molecule has 194 valence electrons. The fraction of sp³-hybridized carbons (Fsp3) is 0.200.